The Hall–Kier alpha value is -1.58. The summed E-state index contributed by atoms with van der Waals surface area (Å²) >= 11 is 1.93. The second-order valence-electron chi connectivity index (χ2n) is 6.29. The first kappa shape index (κ1) is 14.0. The van der Waals surface area contributed by atoms with E-state index in [-0.39, 0.29) is 0 Å². The van der Waals surface area contributed by atoms with Crippen molar-refractivity contribution in [2.45, 2.75) is 39.8 Å². The molecule has 22 heavy (non-hydrogen) atoms. The number of nitrogens with one attached hydrogen (secondary N) is 1. The summed E-state index contributed by atoms with van der Waals surface area (Å²) in [7, 11) is 0. The molecule has 0 unspecified atom stereocenters. The van der Waals surface area contributed by atoms with Crippen molar-refractivity contribution < 1.29 is 0 Å². The average molecular weight is 310 g/mol. The normalized spacial score (nSPS) is 14.5. The molecule has 3 heteroatoms. The second kappa shape index (κ2) is 5.56. The number of fused-ring (bicyclic) bond motifs is 3. The fraction of sp³-hybridized carbons (Fsp3) is 0.368. The van der Waals surface area contributed by atoms with Gasteiger partial charge in [0.25, 0.3) is 0 Å². The van der Waals surface area contributed by atoms with Gasteiger partial charge in [-0.15, -0.1) is 11.3 Å². The van der Waals surface area contributed by atoms with Crippen LogP contribution in [0.3, 0.4) is 0 Å². The molecule has 0 amide bonds. The number of thiophene rings is 1. The smallest absolute Gasteiger partial charge is 0.0486 e. The van der Waals surface area contributed by atoms with Crippen molar-refractivity contribution in [3.63, 3.8) is 0 Å². The zero-order valence-electron chi connectivity index (χ0n) is 13.3. The van der Waals surface area contributed by atoms with Gasteiger partial charge in [0.2, 0.25) is 0 Å². The van der Waals surface area contributed by atoms with Gasteiger partial charge >= 0.3 is 0 Å². The monoisotopic (exact) mass is 310 g/mol. The van der Waals surface area contributed by atoms with Crippen LogP contribution < -0.4 is 5.32 Å². The van der Waals surface area contributed by atoms with Gasteiger partial charge in [0.15, 0.2) is 0 Å². The lowest BCUT2D eigenvalue weighted by atomic mass is 10.0. The number of hydrogen-bond donors (Lipinski definition) is 1. The molecule has 2 nitrogen and oxygen atoms in total. The molecule has 4 rings (SSSR count). The van der Waals surface area contributed by atoms with Crippen LogP contribution in [0.1, 0.15) is 26.6 Å². The summed E-state index contributed by atoms with van der Waals surface area (Å²) < 4.78 is 2.57. The zero-order valence-corrected chi connectivity index (χ0v) is 14.1. The van der Waals surface area contributed by atoms with Gasteiger partial charge in [-0.3, -0.25) is 0 Å². The first-order valence-corrected chi connectivity index (χ1v) is 8.90. The maximum absolute atomic E-state index is 3.53. The lowest BCUT2D eigenvalue weighted by Crippen LogP contribution is -2.24. The Labute approximate surface area is 135 Å². The Kier molecular flexibility index (Phi) is 3.55. The minimum atomic E-state index is 1.01. The van der Waals surface area contributed by atoms with Crippen molar-refractivity contribution in [1.29, 1.82) is 0 Å². The molecule has 1 aliphatic rings. The van der Waals surface area contributed by atoms with E-state index < -0.39 is 0 Å². The minimum absolute atomic E-state index is 1.01. The van der Waals surface area contributed by atoms with E-state index in [4.69, 9.17) is 0 Å². The summed E-state index contributed by atoms with van der Waals surface area (Å²) in [5, 5.41) is 4.98. The van der Waals surface area contributed by atoms with E-state index >= 15 is 0 Å². The van der Waals surface area contributed by atoms with Crippen LogP contribution in [-0.2, 0) is 25.9 Å². The van der Waals surface area contributed by atoms with Crippen LogP contribution in [0, 0.1) is 13.8 Å². The fourth-order valence-corrected chi connectivity index (χ4v) is 4.47. The molecule has 1 aliphatic heterocycles. The summed E-state index contributed by atoms with van der Waals surface area (Å²) in [6.07, 6.45) is 2.28. The molecule has 2 aromatic heterocycles. The maximum Gasteiger partial charge on any atom is 0.0486 e. The molecule has 1 N–H and O–H groups in total. The number of aryl methyl sites for hydroxylation is 4. The van der Waals surface area contributed by atoms with Crippen LogP contribution in [0.25, 0.3) is 10.9 Å². The minimum Gasteiger partial charge on any atom is -0.344 e. The van der Waals surface area contributed by atoms with Gasteiger partial charge in [-0.25, -0.2) is 0 Å². The van der Waals surface area contributed by atoms with Crippen LogP contribution in [-0.4, -0.2) is 11.1 Å². The Balaban J connectivity index is 1.75. The fourth-order valence-electron chi connectivity index (χ4n) is 3.59. The summed E-state index contributed by atoms with van der Waals surface area (Å²) in [5.74, 6) is 0. The predicted octanol–water partition coefficient (Wildman–Crippen LogP) is 4.21. The van der Waals surface area contributed by atoms with Crippen molar-refractivity contribution in [3.05, 3.63) is 56.9 Å². The van der Waals surface area contributed by atoms with E-state index in [0.717, 1.165) is 32.5 Å². The van der Waals surface area contributed by atoms with Crippen molar-refractivity contribution in [1.82, 2.24) is 9.88 Å². The number of rotatable bonds is 3. The highest BCUT2D eigenvalue weighted by Crippen LogP contribution is 2.30. The Morgan fingerprint density at radius 3 is 2.91 bits per heavy atom. The van der Waals surface area contributed by atoms with Gasteiger partial charge in [0, 0.05) is 52.4 Å². The van der Waals surface area contributed by atoms with E-state index in [0.29, 0.717) is 0 Å². The van der Waals surface area contributed by atoms with E-state index in [1.54, 1.807) is 5.69 Å². The Morgan fingerprint density at radius 2 is 2.09 bits per heavy atom. The molecule has 1 aromatic carbocycles. The molecule has 0 saturated heterocycles. The van der Waals surface area contributed by atoms with Crippen LogP contribution in [0.5, 0.6) is 0 Å². The molecule has 114 valence electrons. The van der Waals surface area contributed by atoms with Gasteiger partial charge in [0.1, 0.15) is 0 Å². The highest BCUT2D eigenvalue weighted by molar-refractivity contribution is 7.11. The topological polar surface area (TPSA) is 17.0 Å². The molecule has 0 saturated carbocycles. The molecule has 0 fully saturated rings. The van der Waals surface area contributed by atoms with E-state index in [2.05, 4.69) is 54.1 Å². The van der Waals surface area contributed by atoms with Crippen LogP contribution in [0.15, 0.2) is 30.3 Å². The lowest BCUT2D eigenvalue weighted by molar-refractivity contribution is 0.596. The molecule has 3 heterocycles. The first-order chi connectivity index (χ1) is 10.7. The molecule has 3 aromatic rings. The number of benzene rings is 1. The predicted molar refractivity (Wildman–Crippen MR) is 94.8 cm³/mol. The van der Waals surface area contributed by atoms with E-state index in [1.807, 2.05) is 11.3 Å². The molecule has 0 atom stereocenters. The van der Waals surface area contributed by atoms with Crippen LogP contribution in [0.2, 0.25) is 0 Å². The van der Waals surface area contributed by atoms with Crippen LogP contribution >= 0.6 is 11.3 Å². The third-order valence-corrected chi connectivity index (χ3v) is 5.72. The first-order valence-electron chi connectivity index (χ1n) is 8.09. The molecule has 0 spiro atoms. The van der Waals surface area contributed by atoms with Gasteiger partial charge < -0.3 is 9.88 Å². The molecule has 0 radical (unpaired) electrons. The largest absolute Gasteiger partial charge is 0.344 e. The van der Waals surface area contributed by atoms with Crippen LogP contribution in [0.4, 0.5) is 0 Å². The van der Waals surface area contributed by atoms with E-state index in [1.165, 1.54) is 31.8 Å². The summed E-state index contributed by atoms with van der Waals surface area (Å²) in [4.78, 5) is 2.91. The molecule has 0 bridgehead atoms. The van der Waals surface area contributed by atoms with Crippen molar-refractivity contribution in [2.75, 3.05) is 6.54 Å². The number of hydrogen-bond acceptors (Lipinski definition) is 2. The molecular formula is C19H22N2S. The summed E-state index contributed by atoms with van der Waals surface area (Å²) in [6, 6.07) is 11.4. The zero-order chi connectivity index (χ0) is 15.1. The quantitative estimate of drug-likeness (QED) is 0.767. The van der Waals surface area contributed by atoms with Gasteiger partial charge in [0.05, 0.1) is 0 Å². The van der Waals surface area contributed by atoms with E-state index in [9.17, 15) is 0 Å². The Bertz CT molecular complexity index is 825. The molecular weight excluding hydrogens is 288 g/mol. The second-order valence-corrected chi connectivity index (χ2v) is 7.66. The maximum atomic E-state index is 3.53. The summed E-state index contributed by atoms with van der Waals surface area (Å²) in [5.41, 5.74) is 5.83. The number of aromatic nitrogens is 1. The number of nitrogens with zero attached hydrogens (tertiary/aromatic N) is 1. The summed E-state index contributed by atoms with van der Waals surface area (Å²) in [6.45, 7) is 7.58. The third kappa shape index (κ3) is 2.38. The van der Waals surface area contributed by atoms with Crippen molar-refractivity contribution >= 4 is 22.2 Å². The van der Waals surface area contributed by atoms with Gasteiger partial charge in [-0.05, 0) is 50.1 Å². The van der Waals surface area contributed by atoms with Crippen molar-refractivity contribution in [2.24, 2.45) is 0 Å². The third-order valence-electron chi connectivity index (χ3n) is 4.66. The van der Waals surface area contributed by atoms with Gasteiger partial charge in [-0.2, -0.15) is 0 Å². The highest BCUT2D eigenvalue weighted by Gasteiger charge is 2.19. The molecule has 0 aliphatic carbocycles. The average Bonchev–Trinajstić information content (AvgIpc) is 3.07. The Morgan fingerprint density at radius 1 is 1.18 bits per heavy atom. The highest BCUT2D eigenvalue weighted by atomic mass is 32.1. The van der Waals surface area contributed by atoms with Crippen molar-refractivity contribution in [3.8, 4) is 0 Å². The SMILES string of the molecule is Cc1ccc2c(c1)c1c(n2CCc2ccc(C)s2)CCNC1. The standard InChI is InChI=1S/C19H22N2S/c1-13-3-6-18-16(11-13)17-12-20-9-7-19(17)21(18)10-8-15-5-4-14(2)22-15/h3-6,11,20H,7-10,12H2,1-2H3. The lowest BCUT2D eigenvalue weighted by Gasteiger charge is -2.17. The van der Waals surface area contributed by atoms with Gasteiger partial charge in [-0.1, -0.05) is 11.6 Å².